The van der Waals surface area contributed by atoms with Gasteiger partial charge in [0.25, 0.3) is 0 Å². The fourth-order valence-electron chi connectivity index (χ4n) is 1.42. The molecule has 0 radical (unpaired) electrons. The van der Waals surface area contributed by atoms with Crippen LogP contribution < -0.4 is 20.5 Å². The first-order valence-electron chi connectivity index (χ1n) is 4.63. The SMILES string of the molecule is NC(=O)NC(=O)Cc1ccc2c(c1)OCO2. The molecule has 0 atom stereocenters. The topological polar surface area (TPSA) is 90.7 Å². The molecule has 1 heterocycles. The van der Waals surface area contributed by atoms with E-state index in [0.29, 0.717) is 11.5 Å². The number of amides is 3. The highest BCUT2D eigenvalue weighted by Crippen LogP contribution is 2.32. The standard InChI is InChI=1S/C10H10N2O4/c11-10(14)12-9(13)4-6-1-2-7-8(3-6)16-5-15-7/h1-3H,4-5H2,(H3,11,12,13,14). The van der Waals surface area contributed by atoms with Gasteiger partial charge in [-0.15, -0.1) is 0 Å². The molecule has 84 valence electrons. The van der Waals surface area contributed by atoms with Crippen molar-refractivity contribution in [2.75, 3.05) is 6.79 Å². The number of urea groups is 1. The van der Waals surface area contributed by atoms with Gasteiger partial charge in [0.2, 0.25) is 12.7 Å². The van der Waals surface area contributed by atoms with Crippen LogP contribution in [0.25, 0.3) is 0 Å². The maximum atomic E-state index is 11.2. The van der Waals surface area contributed by atoms with Gasteiger partial charge in [0.1, 0.15) is 0 Å². The average Bonchev–Trinajstić information content (AvgIpc) is 2.63. The fourth-order valence-corrected chi connectivity index (χ4v) is 1.42. The lowest BCUT2D eigenvalue weighted by atomic mass is 10.1. The van der Waals surface area contributed by atoms with E-state index in [1.165, 1.54) is 0 Å². The van der Waals surface area contributed by atoms with Crippen LogP contribution in [0.1, 0.15) is 5.56 Å². The lowest BCUT2D eigenvalue weighted by Gasteiger charge is -2.02. The van der Waals surface area contributed by atoms with Crippen LogP contribution in [0.3, 0.4) is 0 Å². The summed E-state index contributed by atoms with van der Waals surface area (Å²) in [5, 5.41) is 1.99. The number of carbonyl (C=O) groups excluding carboxylic acids is 2. The Kier molecular flexibility index (Phi) is 2.63. The Bertz CT molecular complexity index is 444. The lowest BCUT2D eigenvalue weighted by Crippen LogP contribution is -2.35. The number of hydrogen-bond donors (Lipinski definition) is 2. The predicted molar refractivity (Wildman–Crippen MR) is 54.0 cm³/mol. The molecule has 0 saturated carbocycles. The van der Waals surface area contributed by atoms with Gasteiger partial charge in [0, 0.05) is 0 Å². The quantitative estimate of drug-likeness (QED) is 0.745. The van der Waals surface area contributed by atoms with Crippen LogP contribution in [-0.2, 0) is 11.2 Å². The summed E-state index contributed by atoms with van der Waals surface area (Å²) in [4.78, 5) is 21.7. The molecule has 0 aliphatic carbocycles. The van der Waals surface area contributed by atoms with Crippen molar-refractivity contribution in [1.82, 2.24) is 5.32 Å². The van der Waals surface area contributed by atoms with E-state index in [2.05, 4.69) is 0 Å². The van der Waals surface area contributed by atoms with Crippen LogP contribution >= 0.6 is 0 Å². The number of imide groups is 1. The van der Waals surface area contributed by atoms with Crippen molar-refractivity contribution in [3.05, 3.63) is 23.8 Å². The second-order valence-corrected chi connectivity index (χ2v) is 3.28. The van der Waals surface area contributed by atoms with Crippen molar-refractivity contribution in [3.63, 3.8) is 0 Å². The largest absolute Gasteiger partial charge is 0.454 e. The Balaban J connectivity index is 2.05. The van der Waals surface area contributed by atoms with E-state index in [4.69, 9.17) is 15.2 Å². The lowest BCUT2D eigenvalue weighted by molar-refractivity contribution is -0.119. The van der Waals surface area contributed by atoms with Crippen molar-refractivity contribution >= 4 is 11.9 Å². The summed E-state index contributed by atoms with van der Waals surface area (Å²) in [7, 11) is 0. The third-order valence-electron chi connectivity index (χ3n) is 2.06. The average molecular weight is 222 g/mol. The van der Waals surface area contributed by atoms with Gasteiger partial charge >= 0.3 is 6.03 Å². The Morgan fingerprint density at radius 2 is 2.06 bits per heavy atom. The summed E-state index contributed by atoms with van der Waals surface area (Å²) >= 11 is 0. The molecule has 16 heavy (non-hydrogen) atoms. The first-order chi connectivity index (χ1) is 7.65. The number of rotatable bonds is 2. The highest BCUT2D eigenvalue weighted by molar-refractivity contribution is 5.94. The minimum absolute atomic E-state index is 0.0690. The van der Waals surface area contributed by atoms with Gasteiger partial charge in [-0.05, 0) is 17.7 Å². The molecule has 6 nitrogen and oxygen atoms in total. The van der Waals surface area contributed by atoms with E-state index >= 15 is 0 Å². The van der Waals surface area contributed by atoms with Crippen molar-refractivity contribution in [1.29, 1.82) is 0 Å². The van der Waals surface area contributed by atoms with Crippen molar-refractivity contribution in [2.24, 2.45) is 5.73 Å². The van der Waals surface area contributed by atoms with Crippen LogP contribution in [0, 0.1) is 0 Å². The van der Waals surface area contributed by atoms with Crippen LogP contribution in [0.15, 0.2) is 18.2 Å². The van der Waals surface area contributed by atoms with Gasteiger partial charge in [0.15, 0.2) is 11.5 Å². The number of fused-ring (bicyclic) bond motifs is 1. The van der Waals surface area contributed by atoms with Crippen molar-refractivity contribution < 1.29 is 19.1 Å². The Morgan fingerprint density at radius 1 is 1.31 bits per heavy atom. The van der Waals surface area contributed by atoms with Gasteiger partial charge in [-0.25, -0.2) is 4.79 Å². The Morgan fingerprint density at radius 3 is 2.81 bits per heavy atom. The normalized spacial score (nSPS) is 12.2. The zero-order chi connectivity index (χ0) is 11.5. The van der Waals surface area contributed by atoms with Crippen molar-refractivity contribution in [3.8, 4) is 11.5 Å². The number of nitrogens with two attached hydrogens (primary N) is 1. The third kappa shape index (κ3) is 2.22. The molecule has 2 rings (SSSR count). The minimum Gasteiger partial charge on any atom is -0.454 e. The molecular formula is C10H10N2O4. The zero-order valence-corrected chi connectivity index (χ0v) is 8.36. The highest BCUT2D eigenvalue weighted by Gasteiger charge is 2.14. The zero-order valence-electron chi connectivity index (χ0n) is 8.36. The smallest absolute Gasteiger partial charge is 0.318 e. The number of ether oxygens (including phenoxy) is 2. The maximum Gasteiger partial charge on any atom is 0.318 e. The van der Waals surface area contributed by atoms with Crippen LogP contribution in [-0.4, -0.2) is 18.7 Å². The second-order valence-electron chi connectivity index (χ2n) is 3.28. The van der Waals surface area contributed by atoms with Gasteiger partial charge in [-0.2, -0.15) is 0 Å². The molecule has 3 N–H and O–H groups in total. The summed E-state index contributed by atoms with van der Waals surface area (Å²) < 4.78 is 10.3. The minimum atomic E-state index is -0.856. The molecular weight excluding hydrogens is 212 g/mol. The molecule has 1 aromatic rings. The molecule has 1 aliphatic rings. The molecule has 0 bridgehead atoms. The number of primary amides is 1. The molecule has 0 aromatic heterocycles. The maximum absolute atomic E-state index is 11.2. The Labute approximate surface area is 91.3 Å². The van der Waals surface area contributed by atoms with E-state index in [1.54, 1.807) is 18.2 Å². The molecule has 0 fully saturated rings. The molecule has 3 amide bonds. The van der Waals surface area contributed by atoms with Crippen molar-refractivity contribution in [2.45, 2.75) is 6.42 Å². The summed E-state index contributed by atoms with van der Waals surface area (Å²) in [6.07, 6.45) is 0.0690. The van der Waals surface area contributed by atoms with Gasteiger partial charge in [-0.1, -0.05) is 6.07 Å². The van der Waals surface area contributed by atoms with E-state index in [-0.39, 0.29) is 13.2 Å². The van der Waals surface area contributed by atoms with Crippen LogP contribution in [0.2, 0.25) is 0 Å². The highest BCUT2D eigenvalue weighted by atomic mass is 16.7. The van der Waals surface area contributed by atoms with Crippen LogP contribution in [0.4, 0.5) is 4.79 Å². The molecule has 1 aromatic carbocycles. The predicted octanol–water partition coefficient (Wildman–Crippen LogP) is 0.153. The molecule has 1 aliphatic heterocycles. The summed E-state index contributed by atoms with van der Waals surface area (Å²) in [6.45, 7) is 0.187. The summed E-state index contributed by atoms with van der Waals surface area (Å²) in [5.74, 6) is 0.801. The van der Waals surface area contributed by atoms with Gasteiger partial charge in [-0.3, -0.25) is 10.1 Å². The summed E-state index contributed by atoms with van der Waals surface area (Å²) in [5.41, 5.74) is 5.55. The van der Waals surface area contributed by atoms with E-state index in [9.17, 15) is 9.59 Å². The third-order valence-corrected chi connectivity index (χ3v) is 2.06. The number of hydrogen-bond acceptors (Lipinski definition) is 4. The second kappa shape index (κ2) is 4.09. The first kappa shape index (κ1) is 10.3. The fraction of sp³-hybridized carbons (Fsp3) is 0.200. The molecule has 0 spiro atoms. The van der Waals surface area contributed by atoms with Gasteiger partial charge < -0.3 is 15.2 Å². The molecule has 0 saturated heterocycles. The molecule has 0 unspecified atom stereocenters. The van der Waals surface area contributed by atoms with E-state index in [0.717, 1.165) is 5.56 Å². The number of carbonyl (C=O) groups is 2. The van der Waals surface area contributed by atoms with Gasteiger partial charge in [0.05, 0.1) is 6.42 Å². The van der Waals surface area contributed by atoms with E-state index < -0.39 is 11.9 Å². The van der Waals surface area contributed by atoms with Crippen LogP contribution in [0.5, 0.6) is 11.5 Å². The number of nitrogens with one attached hydrogen (secondary N) is 1. The van der Waals surface area contributed by atoms with E-state index in [1.807, 2.05) is 5.32 Å². The molecule has 6 heteroatoms. The Hall–Kier alpha value is -2.24. The monoisotopic (exact) mass is 222 g/mol. The number of benzene rings is 1. The first-order valence-corrected chi connectivity index (χ1v) is 4.63. The summed E-state index contributed by atoms with van der Waals surface area (Å²) in [6, 6.07) is 4.29.